The van der Waals surface area contributed by atoms with Gasteiger partial charge in [0.2, 0.25) is 10.0 Å². The van der Waals surface area contributed by atoms with Crippen molar-refractivity contribution in [2.75, 3.05) is 26.3 Å². The number of carbonyl (C=O) groups is 1. The fourth-order valence-electron chi connectivity index (χ4n) is 3.44. The first-order chi connectivity index (χ1) is 16.0. The van der Waals surface area contributed by atoms with Crippen LogP contribution < -0.4 is 4.74 Å². The van der Waals surface area contributed by atoms with Crippen molar-refractivity contribution >= 4 is 21.9 Å². The Labute approximate surface area is 194 Å². The second kappa shape index (κ2) is 10.6. The van der Waals surface area contributed by atoms with Gasteiger partial charge in [-0.3, -0.25) is 4.79 Å². The van der Waals surface area contributed by atoms with E-state index in [2.05, 4.69) is 0 Å². The zero-order valence-corrected chi connectivity index (χ0v) is 18.9. The summed E-state index contributed by atoms with van der Waals surface area (Å²) >= 11 is 0. The van der Waals surface area contributed by atoms with Crippen LogP contribution in [0.25, 0.3) is 6.08 Å². The molecular weight excluding hydrogens is 438 g/mol. The average molecular weight is 464 g/mol. The SMILES string of the molecule is O=C(/C=C/c1cccc(OCc2ccccc2)c1)c1ccc(S(=O)(=O)N2CCOCC2)cc1. The highest BCUT2D eigenvalue weighted by Crippen LogP contribution is 2.19. The third-order valence-corrected chi connectivity index (χ3v) is 7.19. The molecule has 0 bridgehead atoms. The largest absolute Gasteiger partial charge is 0.489 e. The van der Waals surface area contributed by atoms with Crippen LogP contribution in [-0.4, -0.2) is 44.8 Å². The van der Waals surface area contributed by atoms with Crippen LogP contribution in [0.2, 0.25) is 0 Å². The molecule has 1 heterocycles. The summed E-state index contributed by atoms with van der Waals surface area (Å²) in [6, 6.07) is 23.4. The molecule has 0 amide bonds. The van der Waals surface area contributed by atoms with Crippen LogP contribution in [0, 0.1) is 0 Å². The number of carbonyl (C=O) groups excluding carboxylic acids is 1. The molecule has 0 spiro atoms. The molecule has 1 fully saturated rings. The maximum atomic E-state index is 12.7. The van der Waals surface area contributed by atoms with Gasteiger partial charge in [0.05, 0.1) is 18.1 Å². The number of benzene rings is 3. The first kappa shape index (κ1) is 22.9. The fraction of sp³-hybridized carbons (Fsp3) is 0.192. The molecule has 0 aromatic heterocycles. The van der Waals surface area contributed by atoms with Gasteiger partial charge in [-0.2, -0.15) is 4.31 Å². The molecule has 0 radical (unpaired) electrons. The van der Waals surface area contributed by atoms with E-state index >= 15 is 0 Å². The molecular formula is C26H25NO5S. The lowest BCUT2D eigenvalue weighted by Crippen LogP contribution is -2.40. The highest BCUT2D eigenvalue weighted by atomic mass is 32.2. The Kier molecular flexibility index (Phi) is 7.34. The first-order valence-corrected chi connectivity index (χ1v) is 12.1. The highest BCUT2D eigenvalue weighted by Gasteiger charge is 2.26. The van der Waals surface area contributed by atoms with E-state index in [1.165, 1.54) is 22.5 Å². The van der Waals surface area contributed by atoms with Gasteiger partial charge in [0.1, 0.15) is 12.4 Å². The van der Waals surface area contributed by atoms with E-state index in [0.717, 1.165) is 11.1 Å². The molecule has 4 rings (SSSR count). The van der Waals surface area contributed by atoms with Gasteiger partial charge in [0.15, 0.2) is 5.78 Å². The summed E-state index contributed by atoms with van der Waals surface area (Å²) in [7, 11) is -3.58. The normalized spacial score (nSPS) is 14.9. The molecule has 170 valence electrons. The van der Waals surface area contributed by atoms with Crippen molar-refractivity contribution in [2.45, 2.75) is 11.5 Å². The Morgan fingerprint density at radius 1 is 0.939 bits per heavy atom. The zero-order valence-electron chi connectivity index (χ0n) is 18.1. The monoisotopic (exact) mass is 463 g/mol. The Morgan fingerprint density at radius 3 is 2.39 bits per heavy atom. The standard InChI is InChI=1S/C26H25NO5S/c28-26(23-10-12-25(13-11-23)33(29,30)27-15-17-31-18-16-27)14-9-21-7-4-8-24(19-21)32-20-22-5-2-1-3-6-22/h1-14,19H,15-18,20H2/b14-9+. The summed E-state index contributed by atoms with van der Waals surface area (Å²) < 4.78 is 37.9. The van der Waals surface area contributed by atoms with E-state index in [0.29, 0.717) is 44.2 Å². The number of hydrogen-bond acceptors (Lipinski definition) is 5. The Hall–Kier alpha value is -3.26. The van der Waals surface area contributed by atoms with E-state index in [1.54, 1.807) is 18.2 Å². The van der Waals surface area contributed by atoms with Crippen LogP contribution in [0.15, 0.2) is 89.8 Å². The summed E-state index contributed by atoms with van der Waals surface area (Å²) in [5, 5.41) is 0. The second-order valence-electron chi connectivity index (χ2n) is 7.59. The minimum atomic E-state index is -3.58. The topological polar surface area (TPSA) is 72.9 Å². The fourth-order valence-corrected chi connectivity index (χ4v) is 4.85. The summed E-state index contributed by atoms with van der Waals surface area (Å²) in [6.45, 7) is 1.91. The van der Waals surface area contributed by atoms with E-state index in [9.17, 15) is 13.2 Å². The molecule has 33 heavy (non-hydrogen) atoms. The number of rotatable bonds is 8. The van der Waals surface area contributed by atoms with Crippen LogP contribution in [0.1, 0.15) is 21.5 Å². The number of morpholine rings is 1. The molecule has 6 nitrogen and oxygen atoms in total. The van der Waals surface area contributed by atoms with Gasteiger partial charge >= 0.3 is 0 Å². The molecule has 0 unspecified atom stereocenters. The lowest BCUT2D eigenvalue weighted by atomic mass is 10.1. The van der Waals surface area contributed by atoms with Crippen LogP contribution >= 0.6 is 0 Å². The van der Waals surface area contributed by atoms with E-state index in [-0.39, 0.29) is 10.7 Å². The smallest absolute Gasteiger partial charge is 0.243 e. The van der Waals surface area contributed by atoms with Gasteiger partial charge in [-0.15, -0.1) is 0 Å². The van der Waals surface area contributed by atoms with E-state index < -0.39 is 10.0 Å². The van der Waals surface area contributed by atoms with Crippen molar-refractivity contribution in [2.24, 2.45) is 0 Å². The van der Waals surface area contributed by atoms with Gasteiger partial charge in [-0.25, -0.2) is 8.42 Å². The molecule has 0 N–H and O–H groups in total. The Morgan fingerprint density at radius 2 is 1.67 bits per heavy atom. The minimum Gasteiger partial charge on any atom is -0.489 e. The maximum absolute atomic E-state index is 12.7. The quantitative estimate of drug-likeness (QED) is 0.370. The van der Waals surface area contributed by atoms with Crippen molar-refractivity contribution < 1.29 is 22.7 Å². The average Bonchev–Trinajstić information content (AvgIpc) is 2.87. The molecule has 1 aliphatic rings. The number of hydrogen-bond donors (Lipinski definition) is 0. The van der Waals surface area contributed by atoms with Gasteiger partial charge in [0.25, 0.3) is 0 Å². The summed E-state index contributed by atoms with van der Waals surface area (Å²) in [5.41, 5.74) is 2.33. The summed E-state index contributed by atoms with van der Waals surface area (Å²) in [6.07, 6.45) is 3.19. The van der Waals surface area contributed by atoms with Crippen LogP contribution in [0.4, 0.5) is 0 Å². The molecule has 0 saturated carbocycles. The summed E-state index contributed by atoms with van der Waals surface area (Å²) in [5.74, 6) is 0.507. The van der Waals surface area contributed by atoms with Gasteiger partial charge in [-0.1, -0.05) is 48.5 Å². The minimum absolute atomic E-state index is 0.174. The number of nitrogens with zero attached hydrogens (tertiary/aromatic N) is 1. The predicted molar refractivity (Wildman–Crippen MR) is 127 cm³/mol. The second-order valence-corrected chi connectivity index (χ2v) is 9.52. The number of ether oxygens (including phenoxy) is 2. The first-order valence-electron chi connectivity index (χ1n) is 10.7. The number of allylic oxidation sites excluding steroid dienone is 1. The lowest BCUT2D eigenvalue weighted by molar-refractivity contribution is 0.0730. The van der Waals surface area contributed by atoms with Gasteiger partial charge < -0.3 is 9.47 Å². The molecule has 3 aromatic carbocycles. The third-order valence-electron chi connectivity index (χ3n) is 5.28. The Bertz CT molecular complexity index is 1220. The third kappa shape index (κ3) is 5.96. The van der Waals surface area contributed by atoms with Gasteiger partial charge in [0, 0.05) is 18.7 Å². The van der Waals surface area contributed by atoms with Crippen LogP contribution in [-0.2, 0) is 21.4 Å². The highest BCUT2D eigenvalue weighted by molar-refractivity contribution is 7.89. The predicted octanol–water partition coefficient (Wildman–Crippen LogP) is 4.18. The molecule has 7 heteroatoms. The molecule has 3 aromatic rings. The van der Waals surface area contributed by atoms with Crippen molar-refractivity contribution in [3.8, 4) is 5.75 Å². The molecule has 1 saturated heterocycles. The number of ketones is 1. The maximum Gasteiger partial charge on any atom is 0.243 e. The lowest BCUT2D eigenvalue weighted by Gasteiger charge is -2.26. The summed E-state index contributed by atoms with van der Waals surface area (Å²) in [4.78, 5) is 12.8. The van der Waals surface area contributed by atoms with Crippen molar-refractivity contribution in [3.05, 3.63) is 102 Å². The van der Waals surface area contributed by atoms with Crippen molar-refractivity contribution in [1.29, 1.82) is 0 Å². The van der Waals surface area contributed by atoms with Crippen molar-refractivity contribution in [3.63, 3.8) is 0 Å². The Balaban J connectivity index is 1.39. The van der Waals surface area contributed by atoms with Gasteiger partial charge in [-0.05, 0) is 53.6 Å². The molecule has 0 aliphatic carbocycles. The van der Waals surface area contributed by atoms with Crippen molar-refractivity contribution in [1.82, 2.24) is 4.31 Å². The van der Waals surface area contributed by atoms with E-state index in [1.807, 2.05) is 54.6 Å². The van der Waals surface area contributed by atoms with Crippen LogP contribution in [0.5, 0.6) is 5.75 Å². The zero-order chi connectivity index (χ0) is 23.1. The molecule has 0 atom stereocenters. The number of sulfonamides is 1. The molecule has 1 aliphatic heterocycles. The van der Waals surface area contributed by atoms with Crippen LogP contribution in [0.3, 0.4) is 0 Å². The van der Waals surface area contributed by atoms with E-state index in [4.69, 9.17) is 9.47 Å².